The van der Waals surface area contributed by atoms with Crippen LogP contribution in [0.1, 0.15) is 40.9 Å². The van der Waals surface area contributed by atoms with Crippen molar-refractivity contribution in [2.45, 2.75) is 27.3 Å². The van der Waals surface area contributed by atoms with E-state index in [0.29, 0.717) is 28.5 Å². The van der Waals surface area contributed by atoms with Gasteiger partial charge < -0.3 is 14.8 Å². The van der Waals surface area contributed by atoms with Crippen LogP contribution in [0.15, 0.2) is 30.3 Å². The fourth-order valence-corrected chi connectivity index (χ4v) is 3.00. The van der Waals surface area contributed by atoms with Crippen LogP contribution in [0.3, 0.4) is 0 Å². The largest absolute Gasteiger partial charge is 0.493 e. The highest BCUT2D eigenvalue weighted by atomic mass is 32.1. The maximum atomic E-state index is 12.4. The quantitative estimate of drug-likeness (QED) is 0.735. The highest BCUT2D eigenvalue weighted by Gasteiger charge is 2.21. The Morgan fingerprint density at radius 2 is 1.93 bits per heavy atom. The van der Waals surface area contributed by atoms with Crippen molar-refractivity contribution in [1.29, 1.82) is 5.26 Å². The van der Waals surface area contributed by atoms with E-state index in [0.717, 1.165) is 4.88 Å². The second-order valence-electron chi connectivity index (χ2n) is 6.89. The van der Waals surface area contributed by atoms with Crippen molar-refractivity contribution in [1.82, 2.24) is 5.32 Å². The number of amides is 1. The number of hydrogen-bond donors (Lipinski definition) is 1. The maximum Gasteiger partial charge on any atom is 0.225 e. The molecule has 1 aromatic heterocycles. The standard InChI is InChI=1S/C20H22N2O4S/c1-20(2,3)19(24)22-11-14-6-8-18(27-14)15(23)12-26-16-7-5-13(10-21)9-17(16)25-4/h5-9H,11-12H2,1-4H3,(H,22,24). The normalized spacial score (nSPS) is 10.8. The Kier molecular flexibility index (Phi) is 6.59. The van der Waals surface area contributed by atoms with E-state index in [1.807, 2.05) is 32.9 Å². The number of carbonyl (C=O) groups is 2. The molecule has 1 heterocycles. The van der Waals surface area contributed by atoms with Crippen LogP contribution in [0.25, 0.3) is 0 Å². The summed E-state index contributed by atoms with van der Waals surface area (Å²) in [6.45, 7) is 5.79. The summed E-state index contributed by atoms with van der Waals surface area (Å²) in [6, 6.07) is 10.3. The molecule has 0 bridgehead atoms. The second-order valence-corrected chi connectivity index (χ2v) is 8.06. The smallest absolute Gasteiger partial charge is 0.225 e. The second kappa shape index (κ2) is 8.69. The molecule has 2 aromatic rings. The van der Waals surface area contributed by atoms with Crippen molar-refractivity contribution in [2.24, 2.45) is 5.41 Å². The Hall–Kier alpha value is -2.85. The molecule has 0 aliphatic rings. The Labute approximate surface area is 162 Å². The zero-order chi connectivity index (χ0) is 20.0. The van der Waals surface area contributed by atoms with Gasteiger partial charge >= 0.3 is 0 Å². The molecule has 0 atom stereocenters. The van der Waals surface area contributed by atoms with Gasteiger partial charge in [-0.2, -0.15) is 5.26 Å². The van der Waals surface area contributed by atoms with E-state index in [4.69, 9.17) is 14.7 Å². The van der Waals surface area contributed by atoms with Crippen LogP contribution in [0, 0.1) is 16.7 Å². The molecule has 0 saturated carbocycles. The van der Waals surface area contributed by atoms with Gasteiger partial charge in [-0.3, -0.25) is 9.59 Å². The lowest BCUT2D eigenvalue weighted by molar-refractivity contribution is -0.128. The van der Waals surface area contributed by atoms with Crippen molar-refractivity contribution < 1.29 is 19.1 Å². The van der Waals surface area contributed by atoms with Crippen molar-refractivity contribution in [3.05, 3.63) is 45.6 Å². The first kappa shape index (κ1) is 20.5. The molecule has 0 aliphatic carbocycles. The van der Waals surface area contributed by atoms with Gasteiger partial charge in [-0.25, -0.2) is 0 Å². The van der Waals surface area contributed by atoms with Crippen LogP contribution >= 0.6 is 11.3 Å². The number of carbonyl (C=O) groups excluding carboxylic acids is 2. The SMILES string of the molecule is COc1cc(C#N)ccc1OCC(=O)c1ccc(CNC(=O)C(C)(C)C)s1. The van der Waals surface area contributed by atoms with Crippen molar-refractivity contribution in [3.63, 3.8) is 0 Å². The number of ketones is 1. The summed E-state index contributed by atoms with van der Waals surface area (Å²) in [7, 11) is 1.47. The number of nitrogens with zero attached hydrogens (tertiary/aromatic N) is 1. The van der Waals surface area contributed by atoms with Gasteiger partial charge in [0, 0.05) is 16.4 Å². The van der Waals surface area contributed by atoms with Gasteiger partial charge in [0.25, 0.3) is 0 Å². The molecule has 6 nitrogen and oxygen atoms in total. The Morgan fingerprint density at radius 3 is 2.56 bits per heavy atom. The number of methoxy groups -OCH3 is 1. The molecule has 0 saturated heterocycles. The van der Waals surface area contributed by atoms with Gasteiger partial charge in [0.2, 0.25) is 11.7 Å². The fourth-order valence-electron chi connectivity index (χ4n) is 2.13. The summed E-state index contributed by atoms with van der Waals surface area (Å²) in [5, 5.41) is 11.8. The minimum atomic E-state index is -0.454. The molecule has 0 spiro atoms. The fraction of sp³-hybridized carbons (Fsp3) is 0.350. The van der Waals surface area contributed by atoms with Crippen LogP contribution in [-0.4, -0.2) is 25.4 Å². The number of rotatable bonds is 7. The van der Waals surface area contributed by atoms with E-state index in [-0.39, 0.29) is 18.3 Å². The number of hydrogen-bond acceptors (Lipinski definition) is 6. The average molecular weight is 386 g/mol. The molecule has 7 heteroatoms. The van der Waals surface area contributed by atoms with Gasteiger partial charge in [-0.1, -0.05) is 20.8 Å². The Bertz CT molecular complexity index is 875. The van der Waals surface area contributed by atoms with E-state index in [2.05, 4.69) is 5.32 Å². The van der Waals surface area contributed by atoms with E-state index in [1.54, 1.807) is 24.3 Å². The lowest BCUT2D eigenvalue weighted by Crippen LogP contribution is -2.34. The lowest BCUT2D eigenvalue weighted by Gasteiger charge is -2.17. The third kappa shape index (κ3) is 5.56. The predicted octanol–water partition coefficient (Wildman–Crippen LogP) is 3.55. The minimum absolute atomic E-state index is 0.0416. The number of ether oxygens (including phenoxy) is 2. The molecule has 0 unspecified atom stereocenters. The number of benzene rings is 1. The molecule has 1 aromatic carbocycles. The van der Waals surface area contributed by atoms with Crippen LogP contribution in [0.5, 0.6) is 11.5 Å². The molecule has 0 aliphatic heterocycles. The summed E-state index contributed by atoms with van der Waals surface area (Å²) < 4.78 is 10.7. The molecule has 1 N–H and O–H groups in total. The molecule has 142 valence electrons. The van der Waals surface area contributed by atoms with Crippen LogP contribution in [-0.2, 0) is 11.3 Å². The van der Waals surface area contributed by atoms with Gasteiger partial charge in [-0.15, -0.1) is 11.3 Å². The number of nitriles is 1. The number of thiophene rings is 1. The van der Waals surface area contributed by atoms with E-state index >= 15 is 0 Å². The van der Waals surface area contributed by atoms with Gasteiger partial charge in [0.15, 0.2) is 18.1 Å². The number of Topliss-reactive ketones (excluding diaryl/α,β-unsaturated/α-hetero) is 1. The minimum Gasteiger partial charge on any atom is -0.493 e. The third-order valence-corrected chi connectivity index (χ3v) is 4.82. The molecular weight excluding hydrogens is 364 g/mol. The zero-order valence-electron chi connectivity index (χ0n) is 15.8. The highest BCUT2D eigenvalue weighted by molar-refractivity contribution is 7.14. The monoisotopic (exact) mass is 386 g/mol. The summed E-state index contributed by atoms with van der Waals surface area (Å²) >= 11 is 1.33. The summed E-state index contributed by atoms with van der Waals surface area (Å²) in [5.74, 6) is 0.595. The maximum absolute atomic E-state index is 12.4. The van der Waals surface area contributed by atoms with Crippen molar-refractivity contribution >= 4 is 23.0 Å². The first-order chi connectivity index (χ1) is 12.7. The van der Waals surface area contributed by atoms with E-state index in [9.17, 15) is 9.59 Å². The first-order valence-corrected chi connectivity index (χ1v) is 9.17. The van der Waals surface area contributed by atoms with Gasteiger partial charge in [0.1, 0.15) is 0 Å². The summed E-state index contributed by atoms with van der Waals surface area (Å²) in [5.41, 5.74) is -0.00472. The Morgan fingerprint density at radius 1 is 1.19 bits per heavy atom. The molecule has 2 rings (SSSR count). The molecule has 27 heavy (non-hydrogen) atoms. The van der Waals surface area contributed by atoms with Gasteiger partial charge in [0.05, 0.1) is 30.2 Å². The predicted molar refractivity (Wildman–Crippen MR) is 103 cm³/mol. The molecule has 1 amide bonds. The van der Waals surface area contributed by atoms with Gasteiger partial charge in [-0.05, 0) is 24.3 Å². The molecular formula is C20H22N2O4S. The molecule has 0 radical (unpaired) electrons. The summed E-state index contributed by atoms with van der Waals surface area (Å²) in [4.78, 5) is 25.7. The lowest BCUT2D eigenvalue weighted by atomic mass is 9.96. The molecule has 0 fully saturated rings. The zero-order valence-corrected chi connectivity index (χ0v) is 16.6. The van der Waals surface area contributed by atoms with Crippen molar-refractivity contribution in [2.75, 3.05) is 13.7 Å². The van der Waals surface area contributed by atoms with E-state index < -0.39 is 5.41 Å². The van der Waals surface area contributed by atoms with E-state index in [1.165, 1.54) is 18.4 Å². The first-order valence-electron chi connectivity index (χ1n) is 8.35. The van der Waals surface area contributed by atoms with Crippen LogP contribution in [0.4, 0.5) is 0 Å². The van der Waals surface area contributed by atoms with Crippen LogP contribution < -0.4 is 14.8 Å². The van der Waals surface area contributed by atoms with Crippen LogP contribution in [0.2, 0.25) is 0 Å². The topological polar surface area (TPSA) is 88.4 Å². The third-order valence-electron chi connectivity index (χ3n) is 3.69. The average Bonchev–Trinajstić information content (AvgIpc) is 3.12. The Balaban J connectivity index is 1.95. The number of nitrogens with one attached hydrogen (secondary N) is 1. The highest BCUT2D eigenvalue weighted by Crippen LogP contribution is 2.28. The van der Waals surface area contributed by atoms with Crippen molar-refractivity contribution in [3.8, 4) is 17.6 Å². The summed E-state index contributed by atoms with van der Waals surface area (Å²) in [6.07, 6.45) is 0.